The number of anilines is 1. The van der Waals surface area contributed by atoms with Crippen LogP contribution in [0.2, 0.25) is 0 Å². The number of nitrogens with one attached hydrogen (secondary N) is 2. The van der Waals surface area contributed by atoms with Crippen LogP contribution in [-0.2, 0) is 6.54 Å². The van der Waals surface area contributed by atoms with Gasteiger partial charge in [0.25, 0.3) is 5.91 Å². The van der Waals surface area contributed by atoms with Gasteiger partial charge in [0.15, 0.2) is 0 Å². The summed E-state index contributed by atoms with van der Waals surface area (Å²) < 4.78 is 6.30. The van der Waals surface area contributed by atoms with Crippen LogP contribution >= 0.6 is 0 Å². The van der Waals surface area contributed by atoms with Crippen LogP contribution in [0.15, 0.2) is 95.4 Å². The lowest BCUT2D eigenvalue weighted by Crippen LogP contribution is -2.42. The van der Waals surface area contributed by atoms with Crippen LogP contribution in [0.1, 0.15) is 15.9 Å². The number of benzene rings is 4. The van der Waals surface area contributed by atoms with Crippen molar-refractivity contribution in [3.8, 4) is 11.3 Å². The molecule has 0 saturated carbocycles. The third-order valence-corrected chi connectivity index (χ3v) is 6.68. The summed E-state index contributed by atoms with van der Waals surface area (Å²) in [7, 11) is 0. The average molecular weight is 462 g/mol. The van der Waals surface area contributed by atoms with E-state index in [-0.39, 0.29) is 5.91 Å². The number of fused-ring (bicyclic) bond motifs is 2. The van der Waals surface area contributed by atoms with Crippen molar-refractivity contribution in [2.45, 2.75) is 6.54 Å². The molecule has 1 fully saturated rings. The zero-order valence-electron chi connectivity index (χ0n) is 19.5. The van der Waals surface area contributed by atoms with Gasteiger partial charge < -0.3 is 15.1 Å². The number of hydrogen-bond acceptors (Lipinski definition) is 4. The molecule has 4 aromatic carbocycles. The van der Waals surface area contributed by atoms with Crippen molar-refractivity contribution >= 4 is 33.3 Å². The van der Waals surface area contributed by atoms with Gasteiger partial charge >= 0.3 is 0 Å². The first-order valence-corrected chi connectivity index (χ1v) is 12.1. The highest BCUT2D eigenvalue weighted by Crippen LogP contribution is 2.34. The Bertz CT molecular complexity index is 1510. The molecule has 6 rings (SSSR count). The highest BCUT2D eigenvalue weighted by molar-refractivity contribution is 6.14. The topological polar surface area (TPSA) is 57.5 Å². The molecular weight excluding hydrogens is 434 g/mol. The molecule has 2 N–H and O–H groups in total. The number of carbonyl (C=O) groups excluding carboxylic acids is 1. The summed E-state index contributed by atoms with van der Waals surface area (Å²) in [6, 6.07) is 30.0. The Labute approximate surface area is 204 Å². The molecule has 0 radical (unpaired) electrons. The van der Waals surface area contributed by atoms with Gasteiger partial charge in [0.2, 0.25) is 0 Å². The minimum Gasteiger partial charge on any atom is -0.456 e. The first-order chi connectivity index (χ1) is 17.2. The van der Waals surface area contributed by atoms with Crippen molar-refractivity contribution in [1.29, 1.82) is 0 Å². The van der Waals surface area contributed by atoms with Crippen LogP contribution in [0.4, 0.5) is 5.69 Å². The van der Waals surface area contributed by atoms with Crippen molar-refractivity contribution in [2.75, 3.05) is 31.5 Å². The molecule has 0 spiro atoms. The Morgan fingerprint density at radius 1 is 0.857 bits per heavy atom. The summed E-state index contributed by atoms with van der Waals surface area (Å²) in [5.74, 6) is 0.608. The van der Waals surface area contributed by atoms with E-state index in [2.05, 4.69) is 33.7 Å². The molecule has 0 bridgehead atoms. The van der Waals surface area contributed by atoms with E-state index in [1.54, 1.807) is 0 Å². The van der Waals surface area contributed by atoms with Gasteiger partial charge in [0, 0.05) is 49.2 Å². The summed E-state index contributed by atoms with van der Waals surface area (Å²) in [6.07, 6.45) is 0. The summed E-state index contributed by atoms with van der Waals surface area (Å²) in [5.41, 5.74) is 4.35. The van der Waals surface area contributed by atoms with Crippen LogP contribution in [0, 0.1) is 0 Å². The van der Waals surface area contributed by atoms with E-state index >= 15 is 0 Å². The van der Waals surface area contributed by atoms with E-state index in [1.165, 1.54) is 5.56 Å². The third-order valence-electron chi connectivity index (χ3n) is 6.68. The molecule has 174 valence electrons. The van der Waals surface area contributed by atoms with Crippen LogP contribution in [0.5, 0.6) is 0 Å². The lowest BCUT2D eigenvalue weighted by atomic mass is 10.0. The first kappa shape index (κ1) is 21.6. The molecule has 0 atom stereocenters. The van der Waals surface area contributed by atoms with Gasteiger partial charge in [-0.05, 0) is 46.7 Å². The molecule has 1 aromatic heterocycles. The number of furan rings is 1. The first-order valence-electron chi connectivity index (χ1n) is 12.1. The second-order valence-corrected chi connectivity index (χ2v) is 9.04. The maximum absolute atomic E-state index is 13.3. The number of carbonyl (C=O) groups is 1. The predicted molar refractivity (Wildman–Crippen MR) is 142 cm³/mol. The molecule has 1 amide bonds. The minimum atomic E-state index is -0.135. The molecule has 0 unspecified atom stereocenters. The lowest BCUT2D eigenvalue weighted by Gasteiger charge is -2.27. The zero-order chi connectivity index (χ0) is 23.6. The minimum absolute atomic E-state index is 0.135. The highest BCUT2D eigenvalue weighted by atomic mass is 16.3. The van der Waals surface area contributed by atoms with Crippen LogP contribution in [0.25, 0.3) is 33.1 Å². The maximum atomic E-state index is 13.3. The summed E-state index contributed by atoms with van der Waals surface area (Å²) >= 11 is 0. The van der Waals surface area contributed by atoms with Gasteiger partial charge in [-0.3, -0.25) is 9.69 Å². The second-order valence-electron chi connectivity index (χ2n) is 9.04. The molecule has 5 heteroatoms. The summed E-state index contributed by atoms with van der Waals surface area (Å²) in [4.78, 5) is 15.7. The number of piperazine rings is 1. The lowest BCUT2D eigenvalue weighted by molar-refractivity contribution is 0.102. The average Bonchev–Trinajstić information content (AvgIpc) is 3.32. The van der Waals surface area contributed by atoms with Crippen LogP contribution < -0.4 is 10.6 Å². The van der Waals surface area contributed by atoms with Gasteiger partial charge in [0.05, 0.1) is 5.69 Å². The van der Waals surface area contributed by atoms with Gasteiger partial charge in [0.1, 0.15) is 11.3 Å². The number of nitrogens with zero attached hydrogens (tertiary/aromatic N) is 1. The molecule has 2 heterocycles. The zero-order valence-corrected chi connectivity index (χ0v) is 19.5. The Balaban J connectivity index is 1.29. The second kappa shape index (κ2) is 9.37. The fraction of sp³-hybridized carbons (Fsp3) is 0.167. The van der Waals surface area contributed by atoms with Crippen molar-refractivity contribution in [3.05, 3.63) is 102 Å². The smallest absolute Gasteiger partial charge is 0.256 e. The van der Waals surface area contributed by atoms with Crippen LogP contribution in [-0.4, -0.2) is 37.0 Å². The standard InChI is InChI=1S/C30H27N3O2/c34-30(25-10-5-7-22-6-1-2-8-24(22)25)32-27-11-4-3-9-26(27)29-19-23-13-12-21(18-28(23)35-29)20-33-16-14-31-15-17-33/h1-13,18-19,31H,14-17,20H2,(H,32,34). The van der Waals surface area contributed by atoms with Gasteiger partial charge in [-0.15, -0.1) is 0 Å². The van der Waals surface area contributed by atoms with Crippen molar-refractivity contribution in [1.82, 2.24) is 10.2 Å². The number of hydrogen-bond donors (Lipinski definition) is 2. The Morgan fingerprint density at radius 3 is 2.57 bits per heavy atom. The summed E-state index contributed by atoms with van der Waals surface area (Å²) in [6.45, 7) is 5.12. The molecule has 1 saturated heterocycles. The Hall–Kier alpha value is -3.93. The van der Waals surface area contributed by atoms with E-state index < -0.39 is 0 Å². The highest BCUT2D eigenvalue weighted by Gasteiger charge is 2.16. The Kier molecular flexibility index (Phi) is 5.78. The number of para-hydroxylation sites is 1. The monoisotopic (exact) mass is 461 g/mol. The fourth-order valence-corrected chi connectivity index (χ4v) is 4.85. The molecule has 1 aliphatic rings. The molecule has 1 aliphatic heterocycles. The predicted octanol–water partition coefficient (Wildman–Crippen LogP) is 5.91. The third kappa shape index (κ3) is 4.44. The largest absolute Gasteiger partial charge is 0.456 e. The van der Waals surface area contributed by atoms with E-state index in [0.717, 1.165) is 71.5 Å². The van der Waals surface area contributed by atoms with Crippen LogP contribution in [0.3, 0.4) is 0 Å². The SMILES string of the molecule is O=C(Nc1ccccc1-c1cc2ccc(CN3CCNCC3)cc2o1)c1cccc2ccccc12. The summed E-state index contributed by atoms with van der Waals surface area (Å²) in [5, 5.41) is 9.55. The van der Waals surface area contributed by atoms with Gasteiger partial charge in [-0.25, -0.2) is 0 Å². The van der Waals surface area contributed by atoms with Crippen molar-refractivity contribution in [3.63, 3.8) is 0 Å². The molecule has 35 heavy (non-hydrogen) atoms. The van der Waals surface area contributed by atoms with Crippen molar-refractivity contribution in [2.24, 2.45) is 0 Å². The number of amides is 1. The molecule has 0 aliphatic carbocycles. The van der Waals surface area contributed by atoms with E-state index in [1.807, 2.05) is 72.8 Å². The molecular formula is C30H27N3O2. The van der Waals surface area contributed by atoms with E-state index in [0.29, 0.717) is 5.56 Å². The molecule has 5 nitrogen and oxygen atoms in total. The maximum Gasteiger partial charge on any atom is 0.256 e. The van der Waals surface area contributed by atoms with Gasteiger partial charge in [-0.2, -0.15) is 0 Å². The Morgan fingerprint density at radius 2 is 1.66 bits per heavy atom. The van der Waals surface area contributed by atoms with E-state index in [4.69, 9.17) is 4.42 Å². The number of rotatable bonds is 5. The van der Waals surface area contributed by atoms with Crippen molar-refractivity contribution < 1.29 is 9.21 Å². The van der Waals surface area contributed by atoms with E-state index in [9.17, 15) is 4.79 Å². The normalized spacial score (nSPS) is 14.4. The molecule has 5 aromatic rings. The fourth-order valence-electron chi connectivity index (χ4n) is 4.85. The quantitative estimate of drug-likeness (QED) is 0.342. The van der Waals surface area contributed by atoms with Gasteiger partial charge in [-0.1, -0.05) is 60.7 Å².